The summed E-state index contributed by atoms with van der Waals surface area (Å²) in [5, 5.41) is 0.0684. The molecule has 0 aromatic heterocycles. The van der Waals surface area contributed by atoms with Crippen LogP contribution in [-0.4, -0.2) is 59.9 Å². The minimum absolute atomic E-state index is 0.00440. The molecule has 33 heavy (non-hydrogen) atoms. The molecule has 0 aromatic rings. The summed E-state index contributed by atoms with van der Waals surface area (Å²) in [6, 6.07) is 0. The maximum Gasteiger partial charge on any atom is 0.311 e. The van der Waals surface area contributed by atoms with Gasteiger partial charge in [-0.15, -0.1) is 0 Å². The topological polar surface area (TPSA) is 71.1 Å². The fourth-order valence-electron chi connectivity index (χ4n) is 2.88. The van der Waals surface area contributed by atoms with E-state index in [0.717, 1.165) is 0 Å². The van der Waals surface area contributed by atoms with Crippen molar-refractivity contribution in [3.8, 4) is 0 Å². The van der Waals surface area contributed by atoms with Crippen molar-refractivity contribution in [2.45, 2.75) is 130 Å². The lowest BCUT2D eigenvalue weighted by Gasteiger charge is -2.42. The molecule has 0 bridgehead atoms. The maximum atomic E-state index is 13.0. The largest absolute Gasteiger partial charge is 0.465 e. The van der Waals surface area contributed by atoms with E-state index < -0.39 is 34.3 Å². The average Bonchev–Trinajstić information content (AvgIpc) is 2.96. The Kier molecular flexibility index (Phi) is 9.79. The van der Waals surface area contributed by atoms with E-state index in [9.17, 15) is 9.59 Å². The normalized spacial score (nSPS) is 21.9. The van der Waals surface area contributed by atoms with Gasteiger partial charge in [-0.05, 0) is 57.0 Å². The molecule has 0 radical (unpaired) electrons. The van der Waals surface area contributed by atoms with Gasteiger partial charge in [-0.1, -0.05) is 41.5 Å². The van der Waals surface area contributed by atoms with E-state index in [1.807, 2.05) is 20.8 Å². The first-order valence-corrected chi connectivity index (χ1v) is 18.1. The lowest BCUT2D eigenvalue weighted by Crippen LogP contribution is -2.52. The molecule has 0 amide bonds. The molecule has 194 valence electrons. The molecule has 0 saturated carbocycles. The number of carbonyl (C=O) groups is 2. The third-order valence-corrected chi connectivity index (χ3v) is 16.4. The first kappa shape index (κ1) is 30.5. The van der Waals surface area contributed by atoms with Gasteiger partial charge < -0.3 is 18.3 Å². The molecule has 0 N–H and O–H groups in total. The van der Waals surface area contributed by atoms with Gasteiger partial charge in [-0.3, -0.25) is 9.59 Å². The zero-order valence-corrected chi connectivity index (χ0v) is 25.5. The lowest BCUT2D eigenvalue weighted by molar-refractivity contribution is -0.154. The molecule has 1 fully saturated rings. The highest BCUT2D eigenvalue weighted by molar-refractivity contribution is 6.74. The number of hydrogen-bond donors (Lipinski definition) is 0. The van der Waals surface area contributed by atoms with Crippen molar-refractivity contribution < 1.29 is 27.9 Å². The van der Waals surface area contributed by atoms with Crippen LogP contribution in [0.25, 0.3) is 0 Å². The monoisotopic (exact) mass is 502 g/mol. The Hall–Kier alpha value is -0.546. The summed E-state index contributed by atoms with van der Waals surface area (Å²) in [6.45, 7) is 28.0. The van der Waals surface area contributed by atoms with Crippen molar-refractivity contribution >= 4 is 28.4 Å². The summed E-state index contributed by atoms with van der Waals surface area (Å²) in [7, 11) is -4.18. The van der Waals surface area contributed by atoms with Crippen LogP contribution in [0.1, 0.15) is 75.2 Å². The van der Waals surface area contributed by atoms with Gasteiger partial charge in [0.25, 0.3) is 0 Å². The highest BCUT2D eigenvalue weighted by Crippen LogP contribution is 2.40. The molecule has 1 saturated heterocycles. The molecule has 1 rings (SSSR count). The summed E-state index contributed by atoms with van der Waals surface area (Å²) in [5.41, 5.74) is -0.544. The minimum atomic E-state index is -2.16. The highest BCUT2D eigenvalue weighted by Gasteiger charge is 2.47. The van der Waals surface area contributed by atoms with Crippen LogP contribution in [0, 0.1) is 5.41 Å². The molecule has 8 heteroatoms. The predicted molar refractivity (Wildman–Crippen MR) is 139 cm³/mol. The van der Waals surface area contributed by atoms with Crippen LogP contribution in [-0.2, 0) is 27.9 Å². The molecule has 1 aliphatic rings. The minimum Gasteiger partial charge on any atom is -0.465 e. The summed E-state index contributed by atoms with van der Waals surface area (Å²) in [4.78, 5) is 25.0. The van der Waals surface area contributed by atoms with Crippen LogP contribution in [0.4, 0.5) is 0 Å². The fraction of sp³-hybridized carbons (Fsp3) is 0.920. The maximum absolute atomic E-state index is 13.0. The Balaban J connectivity index is 2.94. The zero-order chi connectivity index (χ0) is 26.0. The summed E-state index contributed by atoms with van der Waals surface area (Å²) >= 11 is 0. The number of ketones is 1. The second kappa shape index (κ2) is 10.6. The van der Waals surface area contributed by atoms with Crippen LogP contribution in [0.15, 0.2) is 0 Å². The second-order valence-electron chi connectivity index (χ2n) is 13.5. The predicted octanol–water partition coefficient (Wildman–Crippen LogP) is 6.10. The van der Waals surface area contributed by atoms with E-state index >= 15 is 0 Å². The molecule has 3 unspecified atom stereocenters. The Labute approximate surface area is 204 Å². The van der Waals surface area contributed by atoms with Gasteiger partial charge in [0.1, 0.15) is 12.2 Å². The number of rotatable bonds is 9. The molecule has 0 aliphatic carbocycles. The smallest absolute Gasteiger partial charge is 0.311 e. The zero-order valence-electron chi connectivity index (χ0n) is 23.5. The van der Waals surface area contributed by atoms with Gasteiger partial charge in [0.2, 0.25) is 0 Å². The van der Waals surface area contributed by atoms with Crippen LogP contribution >= 0.6 is 0 Å². The van der Waals surface area contributed by atoms with Crippen molar-refractivity contribution in [3.63, 3.8) is 0 Å². The average molecular weight is 503 g/mol. The van der Waals surface area contributed by atoms with Gasteiger partial charge in [0.15, 0.2) is 22.4 Å². The molecule has 0 aromatic carbocycles. The van der Waals surface area contributed by atoms with Crippen molar-refractivity contribution in [3.05, 3.63) is 0 Å². The van der Waals surface area contributed by atoms with Gasteiger partial charge in [-0.25, -0.2) is 0 Å². The highest BCUT2D eigenvalue weighted by atomic mass is 28.4. The Bertz CT molecular complexity index is 682. The van der Waals surface area contributed by atoms with E-state index in [1.54, 1.807) is 0 Å². The molecule has 3 atom stereocenters. The molecule has 6 nitrogen and oxygen atoms in total. The Morgan fingerprint density at radius 2 is 1.48 bits per heavy atom. The summed E-state index contributed by atoms with van der Waals surface area (Å²) < 4.78 is 24.8. The van der Waals surface area contributed by atoms with E-state index in [4.69, 9.17) is 18.3 Å². The van der Waals surface area contributed by atoms with Crippen molar-refractivity contribution in [1.82, 2.24) is 0 Å². The first-order chi connectivity index (χ1) is 14.6. The molecule has 1 aliphatic heterocycles. The van der Waals surface area contributed by atoms with Gasteiger partial charge in [-0.2, -0.15) is 0 Å². The van der Waals surface area contributed by atoms with E-state index in [2.05, 4.69) is 67.7 Å². The summed E-state index contributed by atoms with van der Waals surface area (Å²) in [5.74, 6) is -0.199. The third-order valence-electron chi connectivity index (χ3n) is 7.38. The van der Waals surface area contributed by atoms with Crippen LogP contribution < -0.4 is 0 Å². The molecular formula is C25H50O6Si2. The van der Waals surface area contributed by atoms with E-state index in [0.29, 0.717) is 19.4 Å². The van der Waals surface area contributed by atoms with E-state index in [1.165, 1.54) is 0 Å². The second-order valence-corrected chi connectivity index (χ2v) is 23.1. The number of esters is 1. The van der Waals surface area contributed by atoms with Gasteiger partial charge in [0.05, 0.1) is 24.7 Å². The molecular weight excluding hydrogens is 452 g/mol. The fourth-order valence-corrected chi connectivity index (χ4v) is 5.20. The standard InChI is InChI=1S/C25H50O6Si2/c1-23(2,3)22(27)28-15-14-18-16-19(26)21(30-18)20(31-33(12,13)25(7,8)9)17-29-32(10,11)24(4,5)6/h18,20-21H,14-17H2,1-13H3. The number of carbonyl (C=O) groups excluding carboxylic acids is 2. The number of ether oxygens (including phenoxy) is 2. The lowest BCUT2D eigenvalue weighted by atomic mass is 9.97. The molecule has 0 spiro atoms. The summed E-state index contributed by atoms with van der Waals surface area (Å²) in [6.07, 6.45) is -0.537. The van der Waals surface area contributed by atoms with Gasteiger partial charge in [0, 0.05) is 12.8 Å². The Morgan fingerprint density at radius 3 is 1.94 bits per heavy atom. The molecule has 1 heterocycles. The van der Waals surface area contributed by atoms with Crippen molar-refractivity contribution in [1.29, 1.82) is 0 Å². The first-order valence-electron chi connectivity index (χ1n) is 12.3. The van der Waals surface area contributed by atoms with Crippen molar-refractivity contribution in [2.75, 3.05) is 13.2 Å². The SMILES string of the molecule is CC(C)(C)C(=O)OCCC1CC(=O)C(C(CO[Si](C)(C)C(C)(C)C)O[Si](C)(C)C(C)(C)C)O1. The quantitative estimate of drug-likeness (QED) is 0.280. The van der Waals surface area contributed by atoms with E-state index in [-0.39, 0.29) is 34.5 Å². The Morgan fingerprint density at radius 1 is 0.970 bits per heavy atom. The third kappa shape index (κ3) is 8.56. The number of Topliss-reactive ketones (excluding diaryl/α,β-unsaturated/α-hetero) is 1. The van der Waals surface area contributed by atoms with Crippen LogP contribution in [0.5, 0.6) is 0 Å². The van der Waals surface area contributed by atoms with Gasteiger partial charge >= 0.3 is 5.97 Å². The number of hydrogen-bond acceptors (Lipinski definition) is 6. The van der Waals surface area contributed by atoms with Crippen LogP contribution in [0.2, 0.25) is 36.3 Å². The van der Waals surface area contributed by atoms with Crippen LogP contribution in [0.3, 0.4) is 0 Å². The van der Waals surface area contributed by atoms with Crippen molar-refractivity contribution in [2.24, 2.45) is 5.41 Å².